The highest BCUT2D eigenvalue weighted by Gasteiger charge is 2.25. The largest absolute Gasteiger partial charge is 0.424 e. The Labute approximate surface area is 145 Å². The molecule has 1 aromatic rings. The second kappa shape index (κ2) is 8.61. The summed E-state index contributed by atoms with van der Waals surface area (Å²) in [6.45, 7) is 10.9. The second-order valence-electron chi connectivity index (χ2n) is 7.30. The molecule has 1 fully saturated rings. The van der Waals surface area contributed by atoms with Crippen LogP contribution in [0.5, 0.6) is 5.75 Å². The van der Waals surface area contributed by atoms with Gasteiger partial charge < -0.3 is 9.64 Å². The maximum absolute atomic E-state index is 14.3. The summed E-state index contributed by atoms with van der Waals surface area (Å²) in [5, 5.41) is 0. The first kappa shape index (κ1) is 18.9. The van der Waals surface area contributed by atoms with Gasteiger partial charge >= 0.3 is 5.97 Å². The molecule has 0 bridgehead atoms. The lowest BCUT2D eigenvalue weighted by Gasteiger charge is -2.20. The number of carbonyl (C=O) groups excluding carboxylic acids is 1. The minimum Gasteiger partial charge on any atom is -0.424 e. The predicted octanol–water partition coefficient (Wildman–Crippen LogP) is 4.66. The number of rotatable bonds is 7. The van der Waals surface area contributed by atoms with Crippen molar-refractivity contribution in [2.24, 2.45) is 0 Å². The SMILES string of the molecule is CC(C)c1cccc(C(C)C)c1OC(=O)C(F)CCN1CCCC1. The standard InChI is InChI=1S/C20H30FNO2/c1-14(2)16-8-7-9-17(15(3)4)19(16)24-20(23)18(21)10-13-22-11-5-6-12-22/h7-9,14-15,18H,5-6,10-13H2,1-4H3. The molecule has 0 saturated carbocycles. The van der Waals surface area contributed by atoms with Crippen LogP contribution in [0.3, 0.4) is 0 Å². The monoisotopic (exact) mass is 335 g/mol. The van der Waals surface area contributed by atoms with Crippen molar-refractivity contribution in [2.45, 2.75) is 65.0 Å². The fourth-order valence-corrected chi connectivity index (χ4v) is 3.19. The van der Waals surface area contributed by atoms with Crippen LogP contribution in [0.2, 0.25) is 0 Å². The van der Waals surface area contributed by atoms with E-state index in [0.717, 1.165) is 24.2 Å². The van der Waals surface area contributed by atoms with Gasteiger partial charge in [-0.1, -0.05) is 45.9 Å². The maximum atomic E-state index is 14.3. The van der Waals surface area contributed by atoms with Crippen LogP contribution in [0.25, 0.3) is 0 Å². The van der Waals surface area contributed by atoms with E-state index >= 15 is 0 Å². The Kier molecular flexibility index (Phi) is 6.79. The topological polar surface area (TPSA) is 29.5 Å². The summed E-state index contributed by atoms with van der Waals surface area (Å²) in [6, 6.07) is 5.88. The Morgan fingerprint density at radius 1 is 1.12 bits per heavy atom. The molecule has 2 rings (SSSR count). The van der Waals surface area contributed by atoms with E-state index in [9.17, 15) is 9.18 Å². The van der Waals surface area contributed by atoms with Crippen molar-refractivity contribution in [3.8, 4) is 5.75 Å². The van der Waals surface area contributed by atoms with E-state index in [1.807, 2.05) is 18.2 Å². The van der Waals surface area contributed by atoms with Crippen molar-refractivity contribution in [2.75, 3.05) is 19.6 Å². The average molecular weight is 335 g/mol. The molecule has 0 spiro atoms. The van der Waals surface area contributed by atoms with Gasteiger partial charge in [-0.3, -0.25) is 0 Å². The molecule has 3 nitrogen and oxygen atoms in total. The molecule has 134 valence electrons. The molecule has 1 aromatic carbocycles. The molecule has 4 heteroatoms. The summed E-state index contributed by atoms with van der Waals surface area (Å²) in [5.74, 6) is 0.226. The molecule has 0 radical (unpaired) electrons. The van der Waals surface area contributed by atoms with Crippen LogP contribution < -0.4 is 4.74 Å². The van der Waals surface area contributed by atoms with Crippen molar-refractivity contribution >= 4 is 5.97 Å². The van der Waals surface area contributed by atoms with Gasteiger partial charge in [0.15, 0.2) is 6.17 Å². The van der Waals surface area contributed by atoms with Gasteiger partial charge in [-0.05, 0) is 48.9 Å². The summed E-state index contributed by atoms with van der Waals surface area (Å²) in [7, 11) is 0. The Bertz CT molecular complexity index is 524. The number of nitrogens with zero attached hydrogens (tertiary/aromatic N) is 1. The lowest BCUT2D eigenvalue weighted by Crippen LogP contribution is -2.29. The van der Waals surface area contributed by atoms with Crippen molar-refractivity contribution in [3.05, 3.63) is 29.3 Å². The van der Waals surface area contributed by atoms with Gasteiger partial charge in [0.2, 0.25) is 0 Å². The number of para-hydroxylation sites is 1. The molecular weight excluding hydrogens is 305 g/mol. The van der Waals surface area contributed by atoms with Crippen LogP contribution in [0.15, 0.2) is 18.2 Å². The molecule has 0 N–H and O–H groups in total. The van der Waals surface area contributed by atoms with E-state index in [0.29, 0.717) is 12.3 Å². The van der Waals surface area contributed by atoms with Crippen LogP contribution >= 0.6 is 0 Å². The van der Waals surface area contributed by atoms with E-state index in [1.54, 1.807) is 0 Å². The van der Waals surface area contributed by atoms with Crippen molar-refractivity contribution in [1.82, 2.24) is 4.90 Å². The zero-order valence-corrected chi connectivity index (χ0v) is 15.3. The third kappa shape index (κ3) is 4.79. The molecule has 1 atom stereocenters. The summed E-state index contributed by atoms with van der Waals surface area (Å²) < 4.78 is 19.8. The zero-order valence-electron chi connectivity index (χ0n) is 15.3. The fourth-order valence-electron chi connectivity index (χ4n) is 3.19. The first-order valence-corrected chi connectivity index (χ1v) is 9.11. The number of alkyl halides is 1. The molecule has 1 saturated heterocycles. The maximum Gasteiger partial charge on any atom is 0.346 e. The summed E-state index contributed by atoms with van der Waals surface area (Å²) in [4.78, 5) is 14.5. The Hall–Kier alpha value is -1.42. The van der Waals surface area contributed by atoms with Crippen LogP contribution in [0, 0.1) is 0 Å². The molecule has 0 aromatic heterocycles. The van der Waals surface area contributed by atoms with Gasteiger partial charge in [-0.25, -0.2) is 9.18 Å². The third-order valence-electron chi connectivity index (χ3n) is 4.68. The van der Waals surface area contributed by atoms with Gasteiger partial charge in [0.25, 0.3) is 0 Å². The van der Waals surface area contributed by atoms with Gasteiger partial charge in [0.05, 0.1) is 0 Å². The number of hydrogen-bond donors (Lipinski definition) is 0. The van der Waals surface area contributed by atoms with Crippen LogP contribution in [0.4, 0.5) is 4.39 Å². The minimum atomic E-state index is -1.56. The van der Waals surface area contributed by atoms with Gasteiger partial charge in [-0.2, -0.15) is 0 Å². The van der Waals surface area contributed by atoms with Crippen LogP contribution in [-0.4, -0.2) is 36.7 Å². The highest BCUT2D eigenvalue weighted by Crippen LogP contribution is 2.34. The number of carbonyl (C=O) groups is 1. The number of esters is 1. The number of likely N-dealkylation sites (tertiary alicyclic amines) is 1. The van der Waals surface area contributed by atoms with E-state index in [4.69, 9.17) is 4.74 Å². The van der Waals surface area contributed by atoms with Gasteiger partial charge in [-0.15, -0.1) is 0 Å². The van der Waals surface area contributed by atoms with Gasteiger partial charge in [0, 0.05) is 13.0 Å². The number of benzene rings is 1. The Morgan fingerprint density at radius 3 is 2.17 bits per heavy atom. The van der Waals surface area contributed by atoms with Crippen molar-refractivity contribution in [3.63, 3.8) is 0 Å². The quantitative estimate of drug-likeness (QED) is 0.536. The van der Waals surface area contributed by atoms with Crippen molar-refractivity contribution in [1.29, 1.82) is 0 Å². The predicted molar refractivity (Wildman–Crippen MR) is 95.4 cm³/mol. The Morgan fingerprint density at radius 2 is 1.67 bits per heavy atom. The van der Waals surface area contributed by atoms with Gasteiger partial charge in [0.1, 0.15) is 5.75 Å². The minimum absolute atomic E-state index is 0.208. The second-order valence-corrected chi connectivity index (χ2v) is 7.30. The summed E-state index contributed by atoms with van der Waals surface area (Å²) in [5.41, 5.74) is 1.92. The first-order chi connectivity index (χ1) is 11.4. The zero-order chi connectivity index (χ0) is 17.7. The lowest BCUT2D eigenvalue weighted by molar-refractivity contribution is -0.140. The number of ether oxygens (including phenoxy) is 1. The molecule has 1 heterocycles. The van der Waals surface area contributed by atoms with E-state index in [1.165, 1.54) is 12.8 Å². The average Bonchev–Trinajstić information content (AvgIpc) is 3.05. The highest BCUT2D eigenvalue weighted by molar-refractivity contribution is 5.78. The highest BCUT2D eigenvalue weighted by atomic mass is 19.1. The molecule has 1 unspecified atom stereocenters. The number of halogens is 1. The smallest absolute Gasteiger partial charge is 0.346 e. The lowest BCUT2D eigenvalue weighted by atomic mass is 9.94. The molecule has 1 aliphatic rings. The third-order valence-corrected chi connectivity index (χ3v) is 4.68. The molecule has 0 amide bonds. The first-order valence-electron chi connectivity index (χ1n) is 9.11. The normalized spacial score (nSPS) is 16.8. The summed E-state index contributed by atoms with van der Waals surface area (Å²) >= 11 is 0. The van der Waals surface area contributed by atoms with Crippen LogP contribution in [0.1, 0.15) is 69.9 Å². The molecule has 24 heavy (non-hydrogen) atoms. The van der Waals surface area contributed by atoms with Crippen molar-refractivity contribution < 1.29 is 13.9 Å². The van der Waals surface area contributed by atoms with E-state index in [2.05, 4.69) is 32.6 Å². The van der Waals surface area contributed by atoms with Crippen LogP contribution in [-0.2, 0) is 4.79 Å². The van der Waals surface area contributed by atoms with E-state index in [-0.39, 0.29) is 18.3 Å². The Balaban J connectivity index is 2.06. The summed E-state index contributed by atoms with van der Waals surface area (Å²) in [6.07, 6.45) is 0.979. The fraction of sp³-hybridized carbons (Fsp3) is 0.650. The number of hydrogen-bond acceptors (Lipinski definition) is 3. The molecule has 0 aliphatic carbocycles. The van der Waals surface area contributed by atoms with E-state index < -0.39 is 12.1 Å². The molecule has 1 aliphatic heterocycles. The molecular formula is C20H30FNO2.